The Balaban J connectivity index is 2.40. The topological polar surface area (TPSA) is 53.7 Å². The van der Waals surface area contributed by atoms with Crippen molar-refractivity contribution in [3.63, 3.8) is 0 Å². The Hall–Kier alpha value is -2.44. The minimum absolute atomic E-state index is 0.107. The monoisotopic (exact) mass is 299 g/mol. The number of carboxylic acid groups (broad SMARTS) is 1. The Bertz CT molecular complexity index is 635. The quantitative estimate of drug-likeness (QED) is 0.936. The maximum Gasteiger partial charge on any atom is 0.418 e. The molecule has 0 amide bonds. The molecule has 0 fully saturated rings. The molecule has 2 rings (SSSR count). The van der Waals surface area contributed by atoms with Crippen molar-refractivity contribution in [2.75, 3.05) is 11.9 Å². The fourth-order valence-electron chi connectivity index (χ4n) is 1.95. The van der Waals surface area contributed by atoms with E-state index in [0.29, 0.717) is 11.8 Å². The van der Waals surface area contributed by atoms with Gasteiger partial charge in [0.15, 0.2) is 0 Å². The highest BCUT2D eigenvalue weighted by Gasteiger charge is 2.35. The van der Waals surface area contributed by atoms with Crippen LogP contribution in [0.5, 0.6) is 0 Å². The summed E-state index contributed by atoms with van der Waals surface area (Å²) in [5.74, 6) is -0.895. The molecule has 1 aromatic carbocycles. The molecule has 0 aliphatic heterocycles. The van der Waals surface area contributed by atoms with Gasteiger partial charge in [-0.05, 0) is 30.3 Å². The van der Waals surface area contributed by atoms with Crippen LogP contribution in [0.1, 0.15) is 21.7 Å². The van der Waals surface area contributed by atoms with Crippen molar-refractivity contribution in [3.05, 3.63) is 53.5 Å². The lowest BCUT2D eigenvalue weighted by Crippen LogP contribution is -2.21. The molecule has 0 bridgehead atoms. The lowest BCUT2D eigenvalue weighted by Gasteiger charge is -2.23. The van der Waals surface area contributed by atoms with E-state index in [1.165, 1.54) is 18.2 Å². The number of carboxylic acids is 1. The fraction of sp³-hybridized carbons (Fsp3) is 0.214. The van der Waals surface area contributed by atoms with Gasteiger partial charge in [0.05, 0.1) is 23.9 Å². The number of furan rings is 1. The summed E-state index contributed by atoms with van der Waals surface area (Å²) in [6.45, 7) is 0.141. The molecule has 0 aliphatic rings. The molecule has 7 heteroatoms. The molecule has 1 heterocycles. The van der Waals surface area contributed by atoms with Gasteiger partial charge in [-0.3, -0.25) is 0 Å². The van der Waals surface area contributed by atoms with Crippen molar-refractivity contribution in [3.8, 4) is 0 Å². The molecule has 0 radical (unpaired) electrons. The van der Waals surface area contributed by atoms with Crippen LogP contribution < -0.4 is 4.90 Å². The summed E-state index contributed by atoms with van der Waals surface area (Å²) < 4.78 is 44.4. The Morgan fingerprint density at radius 3 is 2.57 bits per heavy atom. The van der Waals surface area contributed by atoms with Crippen LogP contribution in [-0.4, -0.2) is 18.1 Å². The van der Waals surface area contributed by atoms with Gasteiger partial charge in [0.25, 0.3) is 0 Å². The van der Waals surface area contributed by atoms with E-state index in [1.54, 1.807) is 12.1 Å². The Labute approximate surface area is 118 Å². The minimum Gasteiger partial charge on any atom is -0.478 e. The van der Waals surface area contributed by atoms with Gasteiger partial charge >= 0.3 is 12.1 Å². The highest BCUT2D eigenvalue weighted by Crippen LogP contribution is 2.37. The number of aromatic carboxylic acids is 1. The third-order valence-corrected chi connectivity index (χ3v) is 2.93. The zero-order chi connectivity index (χ0) is 15.6. The van der Waals surface area contributed by atoms with Crippen LogP contribution in [-0.2, 0) is 12.7 Å². The van der Waals surface area contributed by atoms with Crippen molar-refractivity contribution < 1.29 is 27.5 Å². The van der Waals surface area contributed by atoms with Crippen LogP contribution in [0, 0.1) is 0 Å². The molecule has 0 saturated heterocycles. The molecule has 2 aromatic rings. The van der Waals surface area contributed by atoms with Gasteiger partial charge in [-0.25, -0.2) is 4.79 Å². The molecular formula is C14H12F3NO3. The zero-order valence-electron chi connectivity index (χ0n) is 11.0. The van der Waals surface area contributed by atoms with Gasteiger partial charge in [0.2, 0.25) is 0 Å². The van der Waals surface area contributed by atoms with Gasteiger partial charge in [0.1, 0.15) is 5.76 Å². The first-order valence-corrected chi connectivity index (χ1v) is 5.97. The van der Waals surface area contributed by atoms with E-state index in [1.807, 2.05) is 0 Å². The first kappa shape index (κ1) is 15.0. The average Bonchev–Trinajstić information content (AvgIpc) is 2.89. The summed E-state index contributed by atoms with van der Waals surface area (Å²) in [7, 11) is 1.48. The zero-order valence-corrected chi connectivity index (χ0v) is 11.0. The normalized spacial score (nSPS) is 11.4. The third-order valence-electron chi connectivity index (χ3n) is 2.93. The van der Waals surface area contributed by atoms with Crippen molar-refractivity contribution in [1.29, 1.82) is 0 Å². The highest BCUT2D eigenvalue weighted by molar-refractivity contribution is 5.88. The summed E-state index contributed by atoms with van der Waals surface area (Å²) in [5.41, 5.74) is -1.50. The number of halogens is 3. The number of carbonyl (C=O) groups is 1. The van der Waals surface area contributed by atoms with E-state index in [4.69, 9.17) is 9.52 Å². The second-order valence-corrected chi connectivity index (χ2v) is 4.47. The predicted molar refractivity (Wildman–Crippen MR) is 69.2 cm³/mol. The van der Waals surface area contributed by atoms with Crippen LogP contribution >= 0.6 is 0 Å². The molecule has 1 aromatic heterocycles. The largest absolute Gasteiger partial charge is 0.478 e. The van der Waals surface area contributed by atoms with Gasteiger partial charge in [-0.2, -0.15) is 13.2 Å². The first-order chi connectivity index (χ1) is 9.79. The van der Waals surface area contributed by atoms with Crippen LogP contribution in [0.3, 0.4) is 0 Å². The second-order valence-electron chi connectivity index (χ2n) is 4.47. The molecule has 4 nitrogen and oxygen atoms in total. The molecule has 21 heavy (non-hydrogen) atoms. The summed E-state index contributed by atoms with van der Waals surface area (Å²) in [5, 5.41) is 8.82. The third kappa shape index (κ3) is 3.36. The standard InChI is InChI=1S/C14H12F3NO3/c1-18(8-10-3-2-6-21-10)12-5-4-9(13(19)20)7-11(12)14(15,16)17/h2-7H,8H2,1H3,(H,19,20). The van der Waals surface area contributed by atoms with Crippen LogP contribution in [0.2, 0.25) is 0 Å². The molecule has 0 atom stereocenters. The molecule has 112 valence electrons. The highest BCUT2D eigenvalue weighted by atomic mass is 19.4. The van der Waals surface area contributed by atoms with Crippen molar-refractivity contribution in [1.82, 2.24) is 0 Å². The molecule has 0 spiro atoms. The lowest BCUT2D eigenvalue weighted by molar-refractivity contribution is -0.137. The van der Waals surface area contributed by atoms with Crippen molar-refractivity contribution >= 4 is 11.7 Å². The Kier molecular flexibility index (Phi) is 3.93. The first-order valence-electron chi connectivity index (χ1n) is 5.97. The van der Waals surface area contributed by atoms with Crippen molar-refractivity contribution in [2.45, 2.75) is 12.7 Å². The summed E-state index contributed by atoms with van der Waals surface area (Å²) in [4.78, 5) is 12.2. The number of anilines is 1. The van der Waals surface area contributed by atoms with Crippen LogP contribution in [0.25, 0.3) is 0 Å². The maximum atomic E-state index is 13.1. The number of hydrogen-bond donors (Lipinski definition) is 1. The molecule has 0 unspecified atom stereocenters. The molecular weight excluding hydrogens is 287 g/mol. The summed E-state index contributed by atoms with van der Waals surface area (Å²) in [6.07, 6.45) is -3.21. The number of hydrogen-bond acceptors (Lipinski definition) is 3. The number of nitrogens with zero attached hydrogens (tertiary/aromatic N) is 1. The second kappa shape index (κ2) is 5.51. The molecule has 0 saturated carbocycles. The van der Waals surface area contributed by atoms with E-state index in [-0.39, 0.29) is 12.2 Å². The SMILES string of the molecule is CN(Cc1ccco1)c1ccc(C(=O)O)cc1C(F)(F)F. The van der Waals surface area contributed by atoms with Gasteiger partial charge in [-0.15, -0.1) is 0 Å². The summed E-state index contributed by atoms with van der Waals surface area (Å²) in [6, 6.07) is 6.22. The summed E-state index contributed by atoms with van der Waals surface area (Å²) >= 11 is 0. The van der Waals surface area contributed by atoms with E-state index in [0.717, 1.165) is 12.1 Å². The van der Waals surface area contributed by atoms with E-state index >= 15 is 0 Å². The van der Waals surface area contributed by atoms with Crippen LogP contribution in [0.4, 0.5) is 18.9 Å². The lowest BCUT2D eigenvalue weighted by atomic mass is 10.1. The fourth-order valence-corrected chi connectivity index (χ4v) is 1.95. The van der Waals surface area contributed by atoms with Crippen molar-refractivity contribution in [2.24, 2.45) is 0 Å². The smallest absolute Gasteiger partial charge is 0.418 e. The molecule has 0 aliphatic carbocycles. The van der Waals surface area contributed by atoms with E-state index in [2.05, 4.69) is 0 Å². The average molecular weight is 299 g/mol. The number of rotatable bonds is 4. The van der Waals surface area contributed by atoms with Gasteiger partial charge in [-0.1, -0.05) is 0 Å². The van der Waals surface area contributed by atoms with Gasteiger partial charge in [0, 0.05) is 12.7 Å². The predicted octanol–water partition coefficient (Wildman–Crippen LogP) is 3.63. The van der Waals surface area contributed by atoms with E-state index in [9.17, 15) is 18.0 Å². The minimum atomic E-state index is -4.64. The Morgan fingerprint density at radius 1 is 1.33 bits per heavy atom. The van der Waals surface area contributed by atoms with Gasteiger partial charge < -0.3 is 14.4 Å². The maximum absolute atomic E-state index is 13.1. The number of benzene rings is 1. The molecule has 1 N–H and O–H groups in total. The number of alkyl halides is 3. The van der Waals surface area contributed by atoms with Crippen LogP contribution in [0.15, 0.2) is 41.0 Å². The van der Waals surface area contributed by atoms with E-state index < -0.39 is 23.3 Å². The Morgan fingerprint density at radius 2 is 2.05 bits per heavy atom.